The van der Waals surface area contributed by atoms with Crippen molar-refractivity contribution in [2.45, 2.75) is 30.8 Å². The molecule has 194 valence electrons. The van der Waals surface area contributed by atoms with E-state index < -0.39 is 22.4 Å². The molecule has 37 heavy (non-hydrogen) atoms. The van der Waals surface area contributed by atoms with E-state index in [1.54, 1.807) is 36.5 Å². The number of rotatable bonds is 8. The third-order valence-electron chi connectivity index (χ3n) is 6.63. The number of aliphatic hydroxyl groups is 1. The van der Waals surface area contributed by atoms with Gasteiger partial charge in [0, 0.05) is 54.0 Å². The van der Waals surface area contributed by atoms with Crippen LogP contribution in [0.5, 0.6) is 0 Å². The van der Waals surface area contributed by atoms with Crippen molar-refractivity contribution in [1.29, 1.82) is 0 Å². The highest BCUT2D eigenvalue weighted by Crippen LogP contribution is 2.33. The molecule has 5 rings (SSSR count). The van der Waals surface area contributed by atoms with Gasteiger partial charge in [0.15, 0.2) is 0 Å². The molecule has 0 bridgehead atoms. The fraction of sp³-hybridized carbons (Fsp3) is 0.308. The van der Waals surface area contributed by atoms with Gasteiger partial charge >= 0.3 is 0 Å². The first-order chi connectivity index (χ1) is 17.8. The first-order valence-corrected chi connectivity index (χ1v) is 14.2. The minimum Gasteiger partial charge on any atom is -0.395 e. The molecule has 8 nitrogen and oxygen atoms in total. The normalized spacial score (nSPS) is 16.2. The Balaban J connectivity index is 1.48. The third kappa shape index (κ3) is 5.26. The summed E-state index contributed by atoms with van der Waals surface area (Å²) in [5.41, 5.74) is 1.32. The zero-order chi connectivity index (χ0) is 26.2. The van der Waals surface area contributed by atoms with Gasteiger partial charge in [-0.15, -0.1) is 0 Å². The van der Waals surface area contributed by atoms with Crippen LogP contribution in [0.1, 0.15) is 23.6 Å². The molecule has 0 spiro atoms. The van der Waals surface area contributed by atoms with Crippen LogP contribution in [0.15, 0.2) is 70.4 Å². The zero-order valence-corrected chi connectivity index (χ0v) is 22.7. The van der Waals surface area contributed by atoms with Gasteiger partial charge < -0.3 is 10.0 Å². The molecule has 1 saturated heterocycles. The van der Waals surface area contributed by atoms with Gasteiger partial charge in [0.05, 0.1) is 23.7 Å². The second kappa shape index (κ2) is 10.5. The fourth-order valence-electron chi connectivity index (χ4n) is 4.73. The lowest BCUT2D eigenvalue weighted by Crippen LogP contribution is -2.33. The summed E-state index contributed by atoms with van der Waals surface area (Å²) in [5, 5.41) is 15.6. The molecule has 11 heteroatoms. The Labute approximate surface area is 223 Å². The van der Waals surface area contributed by atoms with Gasteiger partial charge in [-0.1, -0.05) is 22.0 Å². The summed E-state index contributed by atoms with van der Waals surface area (Å²) in [6, 6.07) is 11.4. The number of hydrogen-bond donors (Lipinski definition) is 1. The molecule has 0 amide bonds. The summed E-state index contributed by atoms with van der Waals surface area (Å²) < 4.78 is 45.5. The summed E-state index contributed by atoms with van der Waals surface area (Å²) in [6.45, 7) is 2.73. The van der Waals surface area contributed by atoms with E-state index in [2.05, 4.69) is 30.9 Å². The molecule has 0 saturated carbocycles. The Morgan fingerprint density at radius 3 is 2.81 bits per heavy atom. The molecule has 0 radical (unpaired) electrons. The van der Waals surface area contributed by atoms with Crippen molar-refractivity contribution < 1.29 is 17.9 Å². The largest absolute Gasteiger partial charge is 0.395 e. The van der Waals surface area contributed by atoms with E-state index in [4.69, 9.17) is 0 Å². The van der Waals surface area contributed by atoms with E-state index in [1.807, 2.05) is 30.1 Å². The number of anilines is 1. The molecule has 2 aromatic heterocycles. The topological polar surface area (TPSA) is 91.6 Å². The van der Waals surface area contributed by atoms with Gasteiger partial charge in [-0.3, -0.25) is 4.68 Å². The second-order valence-corrected chi connectivity index (χ2v) is 12.1. The number of aliphatic hydroxyl groups excluding tert-OH is 1. The van der Waals surface area contributed by atoms with Crippen LogP contribution in [0.3, 0.4) is 0 Å². The Hall–Kier alpha value is -2.86. The predicted octanol–water partition coefficient (Wildman–Crippen LogP) is 4.28. The van der Waals surface area contributed by atoms with Crippen LogP contribution < -0.4 is 4.90 Å². The van der Waals surface area contributed by atoms with E-state index >= 15 is 0 Å². The van der Waals surface area contributed by atoms with Gasteiger partial charge in [-0.05, 0) is 60.7 Å². The van der Waals surface area contributed by atoms with Crippen LogP contribution in [0.4, 0.5) is 10.2 Å². The zero-order valence-electron chi connectivity index (χ0n) is 20.3. The minimum atomic E-state index is -4.04. The number of fused-ring (bicyclic) bond motifs is 1. The van der Waals surface area contributed by atoms with Crippen molar-refractivity contribution in [2.75, 3.05) is 31.1 Å². The maximum atomic E-state index is 14.4. The molecular weight excluding hydrogens is 561 g/mol. The quantitative estimate of drug-likeness (QED) is 0.331. The number of nitrogens with zero attached hydrogens (tertiary/aromatic N) is 5. The molecule has 3 heterocycles. The van der Waals surface area contributed by atoms with Gasteiger partial charge in [0.1, 0.15) is 11.6 Å². The summed E-state index contributed by atoms with van der Waals surface area (Å²) in [4.78, 5) is 6.83. The van der Waals surface area contributed by atoms with E-state index in [1.165, 1.54) is 6.07 Å². The minimum absolute atomic E-state index is 0.0663. The summed E-state index contributed by atoms with van der Waals surface area (Å²) >= 11 is 3.31. The highest BCUT2D eigenvalue weighted by Gasteiger charge is 2.29. The predicted molar refractivity (Wildman–Crippen MR) is 143 cm³/mol. The molecule has 1 aliphatic rings. The number of aromatic nitrogens is 3. The van der Waals surface area contributed by atoms with E-state index in [0.29, 0.717) is 16.8 Å². The van der Waals surface area contributed by atoms with Crippen molar-refractivity contribution in [2.24, 2.45) is 0 Å². The SMILES string of the molecule is Cc1cnn(C2CCN(c3nccc4ccc(S(=O)(=O)N(CCO)Cc5cc(Br)ccc5F)cc34)C2)c1. The van der Waals surface area contributed by atoms with Gasteiger partial charge in [0.2, 0.25) is 10.0 Å². The summed E-state index contributed by atoms with van der Waals surface area (Å²) in [6.07, 6.45) is 6.50. The highest BCUT2D eigenvalue weighted by molar-refractivity contribution is 9.10. The lowest BCUT2D eigenvalue weighted by Gasteiger charge is -2.23. The van der Waals surface area contributed by atoms with Crippen molar-refractivity contribution in [3.05, 3.63) is 82.5 Å². The van der Waals surface area contributed by atoms with Crippen LogP contribution >= 0.6 is 15.9 Å². The van der Waals surface area contributed by atoms with E-state index in [-0.39, 0.29) is 29.6 Å². The summed E-state index contributed by atoms with van der Waals surface area (Å²) in [5.74, 6) is 0.204. The van der Waals surface area contributed by atoms with Crippen LogP contribution in [0.25, 0.3) is 10.8 Å². The van der Waals surface area contributed by atoms with Gasteiger partial charge in [-0.2, -0.15) is 9.40 Å². The molecule has 0 aliphatic carbocycles. The Morgan fingerprint density at radius 2 is 2.05 bits per heavy atom. The number of hydrogen-bond acceptors (Lipinski definition) is 6. The van der Waals surface area contributed by atoms with Crippen LogP contribution in [0.2, 0.25) is 0 Å². The Kier molecular flexibility index (Phi) is 7.30. The molecule has 1 N–H and O–H groups in total. The third-order valence-corrected chi connectivity index (χ3v) is 8.96. The first-order valence-electron chi connectivity index (χ1n) is 12.0. The smallest absolute Gasteiger partial charge is 0.243 e. The number of pyridine rings is 1. The fourth-order valence-corrected chi connectivity index (χ4v) is 6.57. The average molecular weight is 589 g/mol. The summed E-state index contributed by atoms with van der Waals surface area (Å²) in [7, 11) is -4.04. The Morgan fingerprint density at radius 1 is 1.22 bits per heavy atom. The molecular formula is C26H27BrFN5O3S. The average Bonchev–Trinajstić information content (AvgIpc) is 3.54. The van der Waals surface area contributed by atoms with Gasteiger partial charge in [-0.25, -0.2) is 17.8 Å². The number of sulfonamides is 1. The lowest BCUT2D eigenvalue weighted by molar-refractivity contribution is 0.250. The monoisotopic (exact) mass is 587 g/mol. The van der Waals surface area contributed by atoms with Crippen molar-refractivity contribution in [3.8, 4) is 0 Å². The standard InChI is InChI=1S/C26H27BrFN5O3S/c1-18-14-30-33(15-18)22-7-9-31(17-22)26-24-13-23(4-2-19(24)6-8-29-26)37(35,36)32(10-11-34)16-20-12-21(27)3-5-25(20)28/h2-6,8,12-15,22,34H,7,9-11,16-17H2,1H3. The van der Waals surface area contributed by atoms with Crippen LogP contribution in [-0.2, 0) is 16.6 Å². The number of benzene rings is 2. The van der Waals surface area contributed by atoms with Gasteiger partial charge in [0.25, 0.3) is 0 Å². The molecule has 4 aromatic rings. The highest BCUT2D eigenvalue weighted by atomic mass is 79.9. The molecule has 1 fully saturated rings. The van der Waals surface area contributed by atoms with Crippen molar-refractivity contribution in [3.63, 3.8) is 0 Å². The van der Waals surface area contributed by atoms with Crippen molar-refractivity contribution >= 4 is 42.5 Å². The number of halogens is 2. The number of aryl methyl sites for hydroxylation is 1. The Bertz CT molecular complexity index is 1540. The molecule has 1 unspecified atom stereocenters. The molecule has 2 aromatic carbocycles. The lowest BCUT2D eigenvalue weighted by atomic mass is 10.1. The van der Waals surface area contributed by atoms with E-state index in [0.717, 1.165) is 33.6 Å². The van der Waals surface area contributed by atoms with E-state index in [9.17, 15) is 17.9 Å². The van der Waals surface area contributed by atoms with Crippen LogP contribution in [-0.4, -0.2) is 58.8 Å². The molecule has 1 atom stereocenters. The molecule has 1 aliphatic heterocycles. The van der Waals surface area contributed by atoms with Crippen LogP contribution in [0, 0.1) is 12.7 Å². The first kappa shape index (κ1) is 25.8. The second-order valence-electron chi connectivity index (χ2n) is 9.20. The maximum Gasteiger partial charge on any atom is 0.243 e. The maximum absolute atomic E-state index is 14.4. The van der Waals surface area contributed by atoms with Crippen molar-refractivity contribution in [1.82, 2.24) is 19.1 Å².